The SMILES string of the molecule is CC(=O)c1ccc(S(=O)(=O)NCC(O)c2ccoc2)cc1. The van der Waals surface area contributed by atoms with Crippen molar-refractivity contribution in [1.29, 1.82) is 0 Å². The summed E-state index contributed by atoms with van der Waals surface area (Å²) in [4.78, 5) is 11.2. The second-order valence-electron chi connectivity index (χ2n) is 4.50. The summed E-state index contributed by atoms with van der Waals surface area (Å²) in [7, 11) is -3.74. The number of rotatable bonds is 6. The first-order valence-corrected chi connectivity index (χ1v) is 7.69. The molecule has 0 aliphatic carbocycles. The van der Waals surface area contributed by atoms with Crippen LogP contribution in [0.15, 0.2) is 52.2 Å². The number of hydrogen-bond donors (Lipinski definition) is 2. The van der Waals surface area contributed by atoms with Crippen LogP contribution in [0.1, 0.15) is 28.9 Å². The molecule has 1 atom stereocenters. The molecule has 0 radical (unpaired) electrons. The molecule has 0 spiro atoms. The lowest BCUT2D eigenvalue weighted by atomic mass is 10.2. The van der Waals surface area contributed by atoms with Crippen molar-refractivity contribution in [3.8, 4) is 0 Å². The van der Waals surface area contributed by atoms with Crippen molar-refractivity contribution in [1.82, 2.24) is 4.72 Å². The van der Waals surface area contributed by atoms with Crippen molar-refractivity contribution >= 4 is 15.8 Å². The summed E-state index contributed by atoms with van der Waals surface area (Å²) in [5.41, 5.74) is 0.928. The molecule has 1 unspecified atom stereocenters. The van der Waals surface area contributed by atoms with Crippen LogP contribution in [0, 0.1) is 0 Å². The highest BCUT2D eigenvalue weighted by atomic mass is 32.2. The number of carbonyl (C=O) groups excluding carboxylic acids is 1. The molecule has 0 saturated carbocycles. The van der Waals surface area contributed by atoms with E-state index in [1.807, 2.05) is 0 Å². The summed E-state index contributed by atoms with van der Waals surface area (Å²) >= 11 is 0. The van der Waals surface area contributed by atoms with Crippen molar-refractivity contribution in [2.45, 2.75) is 17.9 Å². The topological polar surface area (TPSA) is 96.6 Å². The predicted octanol–water partition coefficient (Wildman–Crippen LogP) is 1.49. The number of benzene rings is 1. The van der Waals surface area contributed by atoms with Crippen LogP contribution in [-0.2, 0) is 10.0 Å². The minimum atomic E-state index is -3.74. The maximum atomic E-state index is 12.1. The second kappa shape index (κ2) is 6.21. The van der Waals surface area contributed by atoms with Gasteiger partial charge in [-0.05, 0) is 25.1 Å². The van der Waals surface area contributed by atoms with E-state index >= 15 is 0 Å². The zero-order valence-electron chi connectivity index (χ0n) is 11.3. The van der Waals surface area contributed by atoms with E-state index in [1.165, 1.54) is 43.7 Å². The quantitative estimate of drug-likeness (QED) is 0.788. The number of aliphatic hydroxyl groups excluding tert-OH is 1. The third-order valence-corrected chi connectivity index (χ3v) is 4.41. The van der Waals surface area contributed by atoms with Crippen LogP contribution >= 0.6 is 0 Å². The first kappa shape index (κ1) is 15.4. The highest BCUT2D eigenvalue weighted by molar-refractivity contribution is 7.89. The zero-order chi connectivity index (χ0) is 15.5. The van der Waals surface area contributed by atoms with Crippen LogP contribution < -0.4 is 4.72 Å². The molecule has 1 heterocycles. The zero-order valence-corrected chi connectivity index (χ0v) is 12.1. The number of carbonyl (C=O) groups is 1. The Balaban J connectivity index is 2.06. The summed E-state index contributed by atoms with van der Waals surface area (Å²) in [6.45, 7) is 1.24. The van der Waals surface area contributed by atoms with Crippen molar-refractivity contribution in [3.05, 3.63) is 54.0 Å². The molecule has 0 aliphatic heterocycles. The summed E-state index contributed by atoms with van der Waals surface area (Å²) < 4.78 is 31.2. The Labute approximate surface area is 122 Å². The highest BCUT2D eigenvalue weighted by Gasteiger charge is 2.17. The largest absolute Gasteiger partial charge is 0.472 e. The standard InChI is InChI=1S/C14H15NO5S/c1-10(16)11-2-4-13(5-3-11)21(18,19)15-8-14(17)12-6-7-20-9-12/h2-7,9,14-15,17H,8H2,1H3. The van der Waals surface area contributed by atoms with Crippen molar-refractivity contribution < 1.29 is 22.7 Å². The molecule has 7 heteroatoms. The van der Waals surface area contributed by atoms with Crippen LogP contribution in [0.2, 0.25) is 0 Å². The third kappa shape index (κ3) is 3.78. The number of nitrogens with one attached hydrogen (secondary N) is 1. The van der Waals surface area contributed by atoms with E-state index in [0.29, 0.717) is 11.1 Å². The van der Waals surface area contributed by atoms with Crippen molar-refractivity contribution in [2.24, 2.45) is 0 Å². The minimum Gasteiger partial charge on any atom is -0.472 e. The lowest BCUT2D eigenvalue weighted by molar-refractivity contribution is 0.101. The van der Waals surface area contributed by atoms with Crippen LogP contribution in [0.4, 0.5) is 0 Å². The van der Waals surface area contributed by atoms with Crippen molar-refractivity contribution in [2.75, 3.05) is 6.54 Å². The Hall–Kier alpha value is -1.96. The smallest absolute Gasteiger partial charge is 0.240 e. The number of hydrogen-bond acceptors (Lipinski definition) is 5. The van der Waals surface area contributed by atoms with Crippen LogP contribution in [0.25, 0.3) is 0 Å². The number of ketones is 1. The van der Waals surface area contributed by atoms with Gasteiger partial charge in [0.05, 0.1) is 23.5 Å². The minimum absolute atomic E-state index is 0.0342. The Morgan fingerprint density at radius 2 is 1.95 bits per heavy atom. The first-order valence-electron chi connectivity index (χ1n) is 6.21. The molecular formula is C14H15NO5S. The lowest BCUT2D eigenvalue weighted by Crippen LogP contribution is -2.28. The van der Waals surface area contributed by atoms with E-state index < -0.39 is 16.1 Å². The molecule has 0 saturated heterocycles. The lowest BCUT2D eigenvalue weighted by Gasteiger charge is -2.11. The second-order valence-corrected chi connectivity index (χ2v) is 6.27. The highest BCUT2D eigenvalue weighted by Crippen LogP contribution is 2.14. The average Bonchev–Trinajstić information content (AvgIpc) is 2.99. The molecule has 1 aromatic carbocycles. The molecule has 2 rings (SSSR count). The molecule has 1 aromatic heterocycles. The third-order valence-electron chi connectivity index (χ3n) is 2.97. The molecule has 21 heavy (non-hydrogen) atoms. The normalized spacial score (nSPS) is 13.0. The van der Waals surface area contributed by atoms with Gasteiger partial charge in [-0.15, -0.1) is 0 Å². The Kier molecular flexibility index (Phi) is 4.56. The van der Waals surface area contributed by atoms with Gasteiger partial charge in [-0.1, -0.05) is 12.1 Å². The van der Waals surface area contributed by atoms with Gasteiger partial charge in [-0.25, -0.2) is 13.1 Å². The van der Waals surface area contributed by atoms with E-state index in [0.717, 1.165) is 0 Å². The number of Topliss-reactive ketones (excluding diaryl/α,β-unsaturated/α-hetero) is 1. The molecule has 2 N–H and O–H groups in total. The molecule has 2 aromatic rings. The van der Waals surface area contributed by atoms with E-state index in [4.69, 9.17) is 4.42 Å². The molecule has 0 fully saturated rings. The van der Waals surface area contributed by atoms with Gasteiger partial charge in [0.25, 0.3) is 0 Å². The summed E-state index contributed by atoms with van der Waals surface area (Å²) in [6, 6.07) is 7.15. The maximum Gasteiger partial charge on any atom is 0.240 e. The van der Waals surface area contributed by atoms with Gasteiger partial charge < -0.3 is 9.52 Å². The average molecular weight is 309 g/mol. The Morgan fingerprint density at radius 1 is 1.29 bits per heavy atom. The molecular weight excluding hydrogens is 294 g/mol. The Morgan fingerprint density at radius 3 is 2.48 bits per heavy atom. The van der Waals surface area contributed by atoms with Gasteiger partial charge in [-0.2, -0.15) is 0 Å². The molecule has 0 bridgehead atoms. The van der Waals surface area contributed by atoms with E-state index in [1.54, 1.807) is 6.07 Å². The first-order chi connectivity index (χ1) is 9.90. The fourth-order valence-electron chi connectivity index (χ4n) is 1.72. The van der Waals surface area contributed by atoms with Gasteiger partial charge in [-0.3, -0.25) is 4.79 Å². The summed E-state index contributed by atoms with van der Waals surface area (Å²) in [6.07, 6.45) is 1.75. The van der Waals surface area contributed by atoms with Crippen molar-refractivity contribution in [3.63, 3.8) is 0 Å². The van der Waals surface area contributed by atoms with Crippen LogP contribution in [-0.4, -0.2) is 25.9 Å². The number of furan rings is 1. The fraction of sp³-hybridized carbons (Fsp3) is 0.214. The molecule has 0 amide bonds. The Bertz CT molecular complexity index is 704. The summed E-state index contributed by atoms with van der Waals surface area (Å²) in [5.74, 6) is -0.137. The van der Waals surface area contributed by atoms with E-state index in [-0.39, 0.29) is 17.2 Å². The van der Waals surface area contributed by atoms with E-state index in [2.05, 4.69) is 4.72 Å². The monoisotopic (exact) mass is 309 g/mol. The fourth-order valence-corrected chi connectivity index (χ4v) is 2.76. The van der Waals surface area contributed by atoms with Crippen LogP contribution in [0.5, 0.6) is 0 Å². The molecule has 0 aliphatic rings. The number of aliphatic hydroxyl groups is 1. The van der Waals surface area contributed by atoms with E-state index in [9.17, 15) is 18.3 Å². The maximum absolute atomic E-state index is 12.1. The summed E-state index contributed by atoms with van der Waals surface area (Å²) in [5, 5.41) is 9.80. The van der Waals surface area contributed by atoms with Gasteiger partial charge in [0.15, 0.2) is 5.78 Å². The molecule has 6 nitrogen and oxygen atoms in total. The van der Waals surface area contributed by atoms with Gasteiger partial charge in [0.1, 0.15) is 0 Å². The van der Waals surface area contributed by atoms with Gasteiger partial charge in [0.2, 0.25) is 10.0 Å². The van der Waals surface area contributed by atoms with Crippen LogP contribution in [0.3, 0.4) is 0 Å². The predicted molar refractivity (Wildman–Crippen MR) is 75.3 cm³/mol. The number of sulfonamides is 1. The van der Waals surface area contributed by atoms with Gasteiger partial charge in [0, 0.05) is 17.7 Å². The molecule has 112 valence electrons. The van der Waals surface area contributed by atoms with Gasteiger partial charge >= 0.3 is 0 Å².